The van der Waals surface area contributed by atoms with Crippen LogP contribution in [0.5, 0.6) is 5.75 Å². The molecular formula is C23H26N2O2. The van der Waals surface area contributed by atoms with Crippen molar-refractivity contribution in [1.82, 2.24) is 10.3 Å². The van der Waals surface area contributed by atoms with E-state index in [1.165, 1.54) is 11.1 Å². The number of hydrogen-bond donors (Lipinski definition) is 2. The third-order valence-corrected chi connectivity index (χ3v) is 5.45. The Morgan fingerprint density at radius 1 is 1.15 bits per heavy atom. The molecule has 0 fully saturated rings. The maximum atomic E-state index is 11.0. The average molecular weight is 362 g/mol. The molecule has 140 valence electrons. The number of aliphatic hydroxyl groups is 1. The van der Waals surface area contributed by atoms with Gasteiger partial charge in [0, 0.05) is 17.1 Å². The van der Waals surface area contributed by atoms with Crippen molar-refractivity contribution < 1.29 is 9.84 Å². The smallest absolute Gasteiger partial charge is 0.131 e. The van der Waals surface area contributed by atoms with Gasteiger partial charge in [-0.25, -0.2) is 0 Å². The van der Waals surface area contributed by atoms with E-state index in [1.54, 1.807) is 0 Å². The minimum Gasteiger partial charge on any atom is -0.485 e. The van der Waals surface area contributed by atoms with Crippen LogP contribution in [0.25, 0.3) is 10.9 Å². The van der Waals surface area contributed by atoms with Gasteiger partial charge >= 0.3 is 0 Å². The van der Waals surface area contributed by atoms with E-state index in [0.717, 1.165) is 35.2 Å². The molecule has 2 aromatic carbocycles. The first kappa shape index (κ1) is 18.0. The Morgan fingerprint density at radius 2 is 1.93 bits per heavy atom. The van der Waals surface area contributed by atoms with Crippen LogP contribution in [0.4, 0.5) is 0 Å². The summed E-state index contributed by atoms with van der Waals surface area (Å²) in [4.78, 5) is 4.51. The van der Waals surface area contributed by atoms with Crippen molar-refractivity contribution in [2.24, 2.45) is 0 Å². The number of nitrogens with zero attached hydrogens (tertiary/aromatic N) is 1. The number of hydrogen-bond acceptors (Lipinski definition) is 4. The molecule has 1 aliphatic heterocycles. The van der Waals surface area contributed by atoms with Crippen molar-refractivity contribution in [3.63, 3.8) is 0 Å². The van der Waals surface area contributed by atoms with Crippen molar-refractivity contribution in [3.8, 4) is 5.75 Å². The van der Waals surface area contributed by atoms with Gasteiger partial charge in [-0.3, -0.25) is 4.98 Å². The van der Waals surface area contributed by atoms with Crippen molar-refractivity contribution in [2.75, 3.05) is 6.54 Å². The molecule has 0 aliphatic carbocycles. The lowest BCUT2D eigenvalue weighted by atomic mass is 9.85. The Balaban J connectivity index is 1.66. The van der Waals surface area contributed by atoms with Gasteiger partial charge in [-0.05, 0) is 63.1 Å². The lowest BCUT2D eigenvalue weighted by molar-refractivity contribution is -0.0642. The van der Waals surface area contributed by atoms with E-state index < -0.39 is 11.7 Å². The summed E-state index contributed by atoms with van der Waals surface area (Å²) < 4.78 is 6.17. The Labute approximate surface area is 160 Å². The van der Waals surface area contributed by atoms with Gasteiger partial charge in [0.15, 0.2) is 0 Å². The molecule has 4 rings (SSSR count). The first-order valence-electron chi connectivity index (χ1n) is 9.49. The number of nitrogens with one attached hydrogen (secondary N) is 1. The summed E-state index contributed by atoms with van der Waals surface area (Å²) >= 11 is 0. The first-order valence-corrected chi connectivity index (χ1v) is 9.49. The number of benzene rings is 2. The standard InChI is InChI=1S/C23H26N2O2/c1-15-9-11-24-19-13-18-20(14-17(15)19)27-23(2,3)22(26)21(18)25-12-10-16-7-5-4-6-8-16/h4-9,11,13-14,21-22,25-26H,10,12H2,1-3H3/t21-,22+/m1/s1. The van der Waals surface area contributed by atoms with Crippen LogP contribution in [0.15, 0.2) is 54.7 Å². The molecule has 1 aromatic heterocycles. The fraction of sp³-hybridized carbons (Fsp3) is 0.348. The number of aryl methyl sites for hydroxylation is 1. The highest BCUT2D eigenvalue weighted by molar-refractivity contribution is 5.84. The van der Waals surface area contributed by atoms with Crippen LogP contribution in [0.2, 0.25) is 0 Å². The van der Waals surface area contributed by atoms with E-state index in [0.29, 0.717) is 0 Å². The maximum Gasteiger partial charge on any atom is 0.131 e. The maximum absolute atomic E-state index is 11.0. The van der Waals surface area contributed by atoms with Crippen LogP contribution >= 0.6 is 0 Å². The van der Waals surface area contributed by atoms with E-state index in [4.69, 9.17) is 4.74 Å². The molecule has 0 saturated heterocycles. The third kappa shape index (κ3) is 3.43. The highest BCUT2D eigenvalue weighted by atomic mass is 16.5. The predicted molar refractivity (Wildman–Crippen MR) is 108 cm³/mol. The highest BCUT2D eigenvalue weighted by Gasteiger charge is 2.42. The fourth-order valence-electron chi connectivity index (χ4n) is 3.81. The van der Waals surface area contributed by atoms with Crippen LogP contribution in [0, 0.1) is 6.92 Å². The molecule has 1 aliphatic rings. The van der Waals surface area contributed by atoms with Gasteiger partial charge in [0.25, 0.3) is 0 Å². The van der Waals surface area contributed by atoms with Crippen LogP contribution in [-0.2, 0) is 6.42 Å². The molecule has 0 saturated carbocycles. The quantitative estimate of drug-likeness (QED) is 0.738. The summed E-state index contributed by atoms with van der Waals surface area (Å²) in [7, 11) is 0. The molecular weight excluding hydrogens is 336 g/mol. The molecule has 27 heavy (non-hydrogen) atoms. The van der Waals surface area contributed by atoms with Gasteiger partial charge in [0.1, 0.15) is 17.5 Å². The van der Waals surface area contributed by atoms with Gasteiger partial charge in [-0.2, -0.15) is 0 Å². The zero-order valence-corrected chi connectivity index (χ0v) is 16.1. The molecule has 4 heteroatoms. The van der Waals surface area contributed by atoms with Crippen LogP contribution in [0.3, 0.4) is 0 Å². The zero-order valence-electron chi connectivity index (χ0n) is 16.1. The normalized spacial score (nSPS) is 20.9. The summed E-state index contributed by atoms with van der Waals surface area (Å²) in [6.45, 7) is 6.73. The lowest BCUT2D eigenvalue weighted by Gasteiger charge is -2.42. The number of aromatic nitrogens is 1. The van der Waals surface area contributed by atoms with E-state index in [-0.39, 0.29) is 6.04 Å². The third-order valence-electron chi connectivity index (χ3n) is 5.45. The first-order chi connectivity index (χ1) is 13.0. The van der Waals surface area contributed by atoms with Crippen LogP contribution in [0.1, 0.15) is 36.6 Å². The zero-order chi connectivity index (χ0) is 19.0. The molecule has 0 unspecified atom stereocenters. The van der Waals surface area contributed by atoms with Gasteiger partial charge < -0.3 is 15.2 Å². The number of aliphatic hydroxyl groups excluding tert-OH is 1. The average Bonchev–Trinajstić information content (AvgIpc) is 2.65. The summed E-state index contributed by atoms with van der Waals surface area (Å²) in [5.41, 5.74) is 3.69. The molecule has 2 atom stereocenters. The largest absolute Gasteiger partial charge is 0.485 e. The van der Waals surface area contributed by atoms with E-state index in [9.17, 15) is 5.11 Å². The second-order valence-corrected chi connectivity index (χ2v) is 7.85. The SMILES string of the molecule is Cc1ccnc2cc3c(cc12)OC(C)(C)[C@@H](O)[C@@H]3NCCc1ccccc1. The Morgan fingerprint density at radius 3 is 2.70 bits per heavy atom. The second-order valence-electron chi connectivity index (χ2n) is 7.85. The minimum absolute atomic E-state index is 0.195. The van der Waals surface area contributed by atoms with Gasteiger partial charge in [0.05, 0.1) is 11.6 Å². The summed E-state index contributed by atoms with van der Waals surface area (Å²) in [6.07, 6.45) is 2.08. The summed E-state index contributed by atoms with van der Waals surface area (Å²) in [5.74, 6) is 0.825. The number of fused-ring (bicyclic) bond motifs is 2. The van der Waals surface area contributed by atoms with Crippen LogP contribution in [-0.4, -0.2) is 28.3 Å². The monoisotopic (exact) mass is 362 g/mol. The van der Waals surface area contributed by atoms with Gasteiger partial charge in [0.2, 0.25) is 0 Å². The van der Waals surface area contributed by atoms with Gasteiger partial charge in [-0.1, -0.05) is 30.3 Å². The Kier molecular flexibility index (Phi) is 4.62. The molecule has 0 amide bonds. The molecule has 3 aromatic rings. The van der Waals surface area contributed by atoms with E-state index in [1.807, 2.05) is 32.2 Å². The molecule has 4 nitrogen and oxygen atoms in total. The summed E-state index contributed by atoms with van der Waals surface area (Å²) in [5, 5.41) is 15.6. The van der Waals surface area contributed by atoms with Crippen molar-refractivity contribution in [1.29, 1.82) is 0 Å². The topological polar surface area (TPSA) is 54.4 Å². The van der Waals surface area contributed by atoms with E-state index in [2.05, 4.69) is 53.6 Å². The minimum atomic E-state index is -0.665. The Hall–Kier alpha value is -2.43. The number of ether oxygens (including phenoxy) is 1. The van der Waals surface area contributed by atoms with Crippen LogP contribution < -0.4 is 10.1 Å². The molecule has 0 spiro atoms. The van der Waals surface area contributed by atoms with Crippen molar-refractivity contribution in [3.05, 3.63) is 71.4 Å². The molecule has 0 radical (unpaired) electrons. The van der Waals surface area contributed by atoms with E-state index >= 15 is 0 Å². The Bertz CT molecular complexity index is 953. The van der Waals surface area contributed by atoms with Crippen molar-refractivity contribution in [2.45, 2.75) is 44.9 Å². The number of rotatable bonds is 4. The highest BCUT2D eigenvalue weighted by Crippen LogP contribution is 2.41. The molecule has 2 heterocycles. The second kappa shape index (κ2) is 6.95. The molecule has 2 N–H and O–H groups in total. The summed E-state index contributed by atoms with van der Waals surface area (Å²) in [6, 6.07) is 16.3. The van der Waals surface area contributed by atoms with Gasteiger partial charge in [-0.15, -0.1) is 0 Å². The lowest BCUT2D eigenvalue weighted by Crippen LogP contribution is -2.52. The predicted octanol–water partition coefficient (Wildman–Crippen LogP) is 3.95. The fourth-order valence-corrected chi connectivity index (χ4v) is 3.81. The van der Waals surface area contributed by atoms with Crippen molar-refractivity contribution >= 4 is 10.9 Å². The number of pyridine rings is 1. The molecule has 0 bridgehead atoms.